The quantitative estimate of drug-likeness (QED) is 0.572. The van der Waals surface area contributed by atoms with Crippen LogP contribution in [0.2, 0.25) is 0 Å². The van der Waals surface area contributed by atoms with Crippen LogP contribution in [0.25, 0.3) is 0 Å². The third-order valence-electron chi connectivity index (χ3n) is 3.08. The minimum atomic E-state index is -3.71. The van der Waals surface area contributed by atoms with Gasteiger partial charge in [0.25, 0.3) is 0 Å². The Hall–Kier alpha value is -2.57. The minimum absolute atomic E-state index is 0.0363. The number of nitriles is 1. The fourth-order valence-electron chi connectivity index (χ4n) is 1.71. The third kappa shape index (κ3) is 4.47. The van der Waals surface area contributed by atoms with Gasteiger partial charge in [0, 0.05) is 19.8 Å². The van der Waals surface area contributed by atoms with E-state index in [1.807, 2.05) is 0 Å². The highest BCUT2D eigenvalue weighted by Gasteiger charge is 2.23. The van der Waals surface area contributed by atoms with Crippen LogP contribution in [0.5, 0.6) is 0 Å². The van der Waals surface area contributed by atoms with Crippen molar-refractivity contribution in [1.29, 1.82) is 10.7 Å². The second-order valence-electron chi connectivity index (χ2n) is 5.10. The number of ketones is 1. The normalized spacial score (nSPS) is 12.3. The largest absolute Gasteiger partial charge is 0.454 e. The van der Waals surface area contributed by atoms with E-state index in [0.29, 0.717) is 0 Å². The molecule has 1 aromatic rings. The molecule has 0 amide bonds. The lowest BCUT2D eigenvalue weighted by Crippen LogP contribution is -2.26. The Morgan fingerprint density at radius 3 is 2.50 bits per heavy atom. The van der Waals surface area contributed by atoms with Crippen LogP contribution >= 0.6 is 0 Å². The molecule has 0 aromatic heterocycles. The lowest BCUT2D eigenvalue weighted by molar-refractivity contribution is -0.122. The summed E-state index contributed by atoms with van der Waals surface area (Å²) < 4.78 is 29.9. The zero-order chi connectivity index (χ0) is 18.5. The summed E-state index contributed by atoms with van der Waals surface area (Å²) in [5.41, 5.74) is -0.177. The molecule has 0 fully saturated rings. The number of sulfonamides is 1. The van der Waals surface area contributed by atoms with Crippen molar-refractivity contribution >= 4 is 27.5 Å². The molecule has 0 bridgehead atoms. The van der Waals surface area contributed by atoms with E-state index in [0.717, 1.165) is 10.4 Å². The van der Waals surface area contributed by atoms with E-state index in [4.69, 9.17) is 15.4 Å². The summed E-state index contributed by atoms with van der Waals surface area (Å²) >= 11 is 0. The molecule has 128 valence electrons. The Morgan fingerprint density at radius 1 is 1.38 bits per heavy atom. The molecule has 0 aliphatic carbocycles. The maximum Gasteiger partial charge on any atom is 0.338 e. The minimum Gasteiger partial charge on any atom is -0.454 e. The molecule has 0 spiro atoms. The van der Waals surface area contributed by atoms with E-state index in [-0.39, 0.29) is 16.2 Å². The Morgan fingerprint density at radius 2 is 2.00 bits per heavy atom. The molecule has 8 nitrogen and oxygen atoms in total. The monoisotopic (exact) mass is 351 g/mol. The summed E-state index contributed by atoms with van der Waals surface area (Å²) in [5.74, 6) is -2.87. The summed E-state index contributed by atoms with van der Waals surface area (Å²) in [6, 6.07) is 6.87. The van der Waals surface area contributed by atoms with E-state index in [1.165, 1.54) is 39.2 Å². The predicted molar refractivity (Wildman–Crippen MR) is 85.1 cm³/mol. The SMILES string of the molecule is CC(=N)C(C#N)C(=O)COC(=O)c1cccc(S(=O)(=O)N(C)C)c1. The highest BCUT2D eigenvalue weighted by atomic mass is 32.2. The van der Waals surface area contributed by atoms with Gasteiger partial charge >= 0.3 is 5.97 Å². The van der Waals surface area contributed by atoms with Crippen molar-refractivity contribution in [2.24, 2.45) is 5.92 Å². The van der Waals surface area contributed by atoms with Gasteiger partial charge < -0.3 is 10.1 Å². The van der Waals surface area contributed by atoms with Gasteiger partial charge in [-0.15, -0.1) is 0 Å². The van der Waals surface area contributed by atoms with Crippen LogP contribution in [0.15, 0.2) is 29.2 Å². The van der Waals surface area contributed by atoms with Gasteiger partial charge in [0.1, 0.15) is 5.92 Å². The van der Waals surface area contributed by atoms with Crippen molar-refractivity contribution in [2.75, 3.05) is 20.7 Å². The predicted octanol–water partition coefficient (Wildman–Crippen LogP) is 0.842. The first kappa shape index (κ1) is 19.5. The molecular weight excluding hydrogens is 334 g/mol. The molecule has 0 aliphatic rings. The van der Waals surface area contributed by atoms with Crippen LogP contribution in [0, 0.1) is 22.7 Å². The van der Waals surface area contributed by atoms with Crippen molar-refractivity contribution in [3.8, 4) is 6.07 Å². The molecule has 1 atom stereocenters. The van der Waals surface area contributed by atoms with Crippen LogP contribution in [0.1, 0.15) is 17.3 Å². The van der Waals surface area contributed by atoms with Gasteiger partial charge in [0.15, 0.2) is 12.4 Å². The van der Waals surface area contributed by atoms with Crippen molar-refractivity contribution in [3.05, 3.63) is 29.8 Å². The van der Waals surface area contributed by atoms with E-state index in [9.17, 15) is 18.0 Å². The third-order valence-corrected chi connectivity index (χ3v) is 4.89. The maximum atomic E-state index is 12.0. The van der Waals surface area contributed by atoms with Crippen LogP contribution in [0.4, 0.5) is 0 Å². The first-order valence-electron chi connectivity index (χ1n) is 6.78. The molecule has 0 saturated heterocycles. The van der Waals surface area contributed by atoms with Crippen LogP contribution in [-0.4, -0.2) is 50.9 Å². The van der Waals surface area contributed by atoms with E-state index >= 15 is 0 Å². The number of esters is 1. The molecule has 1 unspecified atom stereocenters. The summed E-state index contributed by atoms with van der Waals surface area (Å²) in [4.78, 5) is 23.6. The summed E-state index contributed by atoms with van der Waals surface area (Å²) in [6.45, 7) is 0.640. The van der Waals surface area contributed by atoms with Crippen LogP contribution in [-0.2, 0) is 19.6 Å². The van der Waals surface area contributed by atoms with Crippen molar-refractivity contribution in [2.45, 2.75) is 11.8 Å². The van der Waals surface area contributed by atoms with E-state index < -0.39 is 34.3 Å². The van der Waals surface area contributed by atoms with Crippen LogP contribution in [0.3, 0.4) is 0 Å². The number of hydrogen-bond acceptors (Lipinski definition) is 7. The smallest absolute Gasteiger partial charge is 0.338 e. The van der Waals surface area contributed by atoms with Gasteiger partial charge in [-0.05, 0) is 25.1 Å². The number of hydrogen-bond donors (Lipinski definition) is 1. The molecule has 24 heavy (non-hydrogen) atoms. The average molecular weight is 351 g/mol. The summed E-state index contributed by atoms with van der Waals surface area (Å²) in [6.07, 6.45) is 0. The molecular formula is C15H17N3O5S. The Balaban J connectivity index is 2.89. The second kappa shape index (κ2) is 7.81. The van der Waals surface area contributed by atoms with Crippen molar-refractivity contribution in [1.82, 2.24) is 4.31 Å². The van der Waals surface area contributed by atoms with Crippen molar-refractivity contribution in [3.63, 3.8) is 0 Å². The number of nitrogens with one attached hydrogen (secondary N) is 1. The molecule has 0 aliphatic heterocycles. The van der Waals surface area contributed by atoms with Crippen molar-refractivity contribution < 1.29 is 22.7 Å². The molecule has 1 aromatic carbocycles. The average Bonchev–Trinajstić information content (AvgIpc) is 2.52. The maximum absolute atomic E-state index is 12.0. The van der Waals surface area contributed by atoms with Gasteiger partial charge in [0.2, 0.25) is 10.0 Å². The number of carbonyl (C=O) groups is 2. The fraction of sp³-hybridized carbons (Fsp3) is 0.333. The summed E-state index contributed by atoms with van der Waals surface area (Å²) in [7, 11) is -0.982. The summed E-state index contributed by atoms with van der Waals surface area (Å²) in [5, 5.41) is 16.1. The Kier molecular flexibility index (Phi) is 6.34. The zero-order valence-electron chi connectivity index (χ0n) is 13.4. The lowest BCUT2D eigenvalue weighted by atomic mass is 10.0. The molecule has 1 N–H and O–H groups in total. The number of Topliss-reactive ketones (excluding diaryl/α,β-unsaturated/α-hetero) is 1. The number of nitrogens with zero attached hydrogens (tertiary/aromatic N) is 2. The van der Waals surface area contributed by atoms with Gasteiger partial charge in [-0.3, -0.25) is 4.79 Å². The molecule has 0 radical (unpaired) electrons. The molecule has 0 heterocycles. The van der Waals surface area contributed by atoms with Gasteiger partial charge in [0.05, 0.1) is 16.5 Å². The number of benzene rings is 1. The topological polar surface area (TPSA) is 128 Å². The first-order valence-corrected chi connectivity index (χ1v) is 8.22. The zero-order valence-corrected chi connectivity index (χ0v) is 14.3. The Bertz CT molecular complexity index is 809. The fourth-order valence-corrected chi connectivity index (χ4v) is 2.66. The molecule has 9 heteroatoms. The number of rotatable bonds is 7. The Labute approximate surface area is 140 Å². The molecule has 0 saturated carbocycles. The second-order valence-corrected chi connectivity index (χ2v) is 7.25. The number of carbonyl (C=O) groups excluding carboxylic acids is 2. The number of ether oxygens (including phenoxy) is 1. The first-order chi connectivity index (χ1) is 11.1. The highest BCUT2D eigenvalue weighted by Crippen LogP contribution is 2.15. The standard InChI is InChI=1S/C15H17N3O5S/c1-10(17)13(8-16)14(19)9-23-15(20)11-5-4-6-12(7-11)24(21,22)18(2)3/h4-7,13,17H,9H2,1-3H3. The van der Waals surface area contributed by atoms with Gasteiger partial charge in [-0.1, -0.05) is 6.07 Å². The van der Waals surface area contributed by atoms with Gasteiger partial charge in [-0.2, -0.15) is 5.26 Å². The van der Waals surface area contributed by atoms with Crippen LogP contribution < -0.4 is 0 Å². The van der Waals surface area contributed by atoms with Gasteiger partial charge in [-0.25, -0.2) is 17.5 Å². The van der Waals surface area contributed by atoms with E-state index in [2.05, 4.69) is 0 Å². The van der Waals surface area contributed by atoms with E-state index in [1.54, 1.807) is 6.07 Å². The molecule has 1 rings (SSSR count). The highest BCUT2D eigenvalue weighted by molar-refractivity contribution is 7.89. The lowest BCUT2D eigenvalue weighted by Gasteiger charge is -2.12.